The van der Waals surface area contributed by atoms with E-state index in [2.05, 4.69) is 10.6 Å². The first-order chi connectivity index (χ1) is 15.8. The monoisotopic (exact) mass is 584 g/mol. The minimum absolute atomic E-state index is 0.0203. The molecule has 2 aliphatic heterocycles. The number of alkyl halides is 3. The van der Waals surface area contributed by atoms with Gasteiger partial charge in [0.05, 0.1) is 5.92 Å². The maximum absolute atomic E-state index is 13.0. The Labute approximate surface area is 228 Å². The van der Waals surface area contributed by atoms with Crippen LogP contribution in [0.1, 0.15) is 31.9 Å². The molecular formula is C22H25Cl5N4O2S. The van der Waals surface area contributed by atoms with E-state index in [4.69, 9.17) is 70.2 Å². The van der Waals surface area contributed by atoms with Gasteiger partial charge in [-0.1, -0.05) is 77.9 Å². The van der Waals surface area contributed by atoms with Gasteiger partial charge in [-0.05, 0) is 48.0 Å². The number of amides is 1. The Morgan fingerprint density at radius 2 is 1.91 bits per heavy atom. The Morgan fingerprint density at radius 3 is 2.56 bits per heavy atom. The summed E-state index contributed by atoms with van der Waals surface area (Å²) in [6.07, 6.45) is 1.61. The van der Waals surface area contributed by atoms with Gasteiger partial charge in [0, 0.05) is 37.3 Å². The first kappa shape index (κ1) is 26.4. The standard InChI is InChI=1S/C22H25Cl5N4O2S/c1-21(2)13(7-15(23)24)17(21)18(33)28-19(22(25,26)27)29-20(34)30-8-11-6-12(10-30)14-4-3-5-16(32)31(14)9-11/h3-5,7,11-13,17,19H,6,8-10H2,1-2H3,(H,28,33)(H,29,34)/t11-,12+,13-,17+,19+/m0/s1. The molecule has 34 heavy (non-hydrogen) atoms. The lowest BCUT2D eigenvalue weighted by atomic mass is 9.83. The van der Waals surface area contributed by atoms with Crippen LogP contribution >= 0.6 is 70.2 Å². The summed E-state index contributed by atoms with van der Waals surface area (Å²) in [5.74, 6) is -0.329. The Bertz CT molecular complexity index is 1080. The minimum Gasteiger partial charge on any atom is -0.348 e. The summed E-state index contributed by atoms with van der Waals surface area (Å²) in [6, 6.07) is 5.37. The maximum atomic E-state index is 13.0. The van der Waals surface area contributed by atoms with Crippen molar-refractivity contribution < 1.29 is 4.79 Å². The molecule has 0 spiro atoms. The van der Waals surface area contributed by atoms with E-state index < -0.39 is 9.96 Å². The fourth-order valence-corrected chi connectivity index (χ4v) is 6.20. The third kappa shape index (κ3) is 5.35. The van der Waals surface area contributed by atoms with Gasteiger partial charge in [-0.25, -0.2) is 0 Å². The van der Waals surface area contributed by atoms with Crippen molar-refractivity contribution in [1.82, 2.24) is 20.1 Å². The second-order valence-corrected chi connectivity index (χ2v) is 13.6. The second-order valence-electron chi connectivity index (χ2n) is 9.82. The fraction of sp³-hybridized carbons (Fsp3) is 0.591. The molecule has 1 aromatic heterocycles. The van der Waals surface area contributed by atoms with E-state index >= 15 is 0 Å². The van der Waals surface area contributed by atoms with E-state index in [-0.39, 0.29) is 45.0 Å². The Kier molecular flexibility index (Phi) is 7.47. The molecule has 186 valence electrons. The van der Waals surface area contributed by atoms with Crippen LogP contribution in [0.3, 0.4) is 0 Å². The zero-order chi connectivity index (χ0) is 25.0. The van der Waals surface area contributed by atoms with Gasteiger partial charge in [-0.3, -0.25) is 9.59 Å². The lowest BCUT2D eigenvalue weighted by molar-refractivity contribution is -0.123. The van der Waals surface area contributed by atoms with Gasteiger partial charge < -0.3 is 20.1 Å². The number of hydrogen-bond acceptors (Lipinski definition) is 3. The Balaban J connectivity index is 1.45. The van der Waals surface area contributed by atoms with Gasteiger partial charge in [-0.2, -0.15) is 0 Å². The Morgan fingerprint density at radius 1 is 1.21 bits per heavy atom. The summed E-state index contributed by atoms with van der Waals surface area (Å²) in [7, 11) is 0. The van der Waals surface area contributed by atoms with Crippen LogP contribution in [0.4, 0.5) is 0 Å². The third-order valence-electron chi connectivity index (χ3n) is 7.15. The molecule has 1 saturated heterocycles. The minimum atomic E-state index is -1.85. The number of pyridine rings is 1. The highest BCUT2D eigenvalue weighted by Gasteiger charge is 2.61. The molecule has 4 rings (SSSR count). The first-order valence-electron chi connectivity index (χ1n) is 10.9. The normalized spacial score (nSPS) is 27.8. The number of rotatable bonds is 4. The number of halogens is 5. The van der Waals surface area contributed by atoms with Crippen LogP contribution in [-0.4, -0.2) is 43.5 Å². The van der Waals surface area contributed by atoms with E-state index in [1.807, 2.05) is 29.4 Å². The summed E-state index contributed by atoms with van der Waals surface area (Å²) >= 11 is 35.9. The van der Waals surface area contributed by atoms with E-state index in [0.717, 1.165) is 12.1 Å². The van der Waals surface area contributed by atoms with Crippen molar-refractivity contribution in [2.75, 3.05) is 13.1 Å². The van der Waals surface area contributed by atoms with Gasteiger partial charge in [0.1, 0.15) is 10.7 Å². The molecule has 1 amide bonds. The smallest absolute Gasteiger partial charge is 0.250 e. The van der Waals surface area contributed by atoms with Gasteiger partial charge in [0.2, 0.25) is 9.70 Å². The molecule has 5 atom stereocenters. The average molecular weight is 587 g/mol. The van der Waals surface area contributed by atoms with Gasteiger partial charge in [-0.15, -0.1) is 0 Å². The summed E-state index contributed by atoms with van der Waals surface area (Å²) in [5, 5.41) is 6.22. The SMILES string of the molecule is CC1(C)[C@@H](C=C(Cl)Cl)[C@@H]1C(=O)N[C@H](NC(=S)N1C[C@@H]2C[C@H](C1)c1cccc(=O)n1C2)C(Cl)(Cl)Cl. The van der Waals surface area contributed by atoms with Crippen molar-refractivity contribution >= 4 is 81.2 Å². The predicted octanol–water partition coefficient (Wildman–Crippen LogP) is 4.55. The molecule has 3 heterocycles. The molecule has 0 unspecified atom stereocenters. The number of allylic oxidation sites excluding steroid dienone is 1. The molecular weight excluding hydrogens is 562 g/mol. The quantitative estimate of drug-likeness (QED) is 0.308. The largest absolute Gasteiger partial charge is 0.348 e. The highest BCUT2D eigenvalue weighted by atomic mass is 35.6. The topological polar surface area (TPSA) is 66.4 Å². The number of carbonyl (C=O) groups is 1. The molecule has 3 aliphatic rings. The number of carbonyl (C=O) groups excluding carboxylic acids is 1. The number of likely N-dealkylation sites (tertiary alicyclic amines) is 1. The van der Waals surface area contributed by atoms with E-state index in [1.54, 1.807) is 18.2 Å². The lowest BCUT2D eigenvalue weighted by Crippen LogP contribution is -2.60. The predicted molar refractivity (Wildman–Crippen MR) is 142 cm³/mol. The zero-order valence-electron chi connectivity index (χ0n) is 18.5. The van der Waals surface area contributed by atoms with Crippen LogP contribution in [0.5, 0.6) is 0 Å². The average Bonchev–Trinajstić information content (AvgIpc) is 3.26. The highest BCUT2D eigenvalue weighted by molar-refractivity contribution is 7.80. The van der Waals surface area contributed by atoms with Crippen LogP contribution < -0.4 is 16.2 Å². The van der Waals surface area contributed by atoms with Crippen LogP contribution in [-0.2, 0) is 11.3 Å². The first-order valence-corrected chi connectivity index (χ1v) is 13.2. The van der Waals surface area contributed by atoms with E-state index in [1.165, 1.54) is 0 Å². The maximum Gasteiger partial charge on any atom is 0.250 e. The summed E-state index contributed by atoms with van der Waals surface area (Å²) < 4.78 is 0.122. The number of thiocarbonyl (C=S) groups is 1. The van der Waals surface area contributed by atoms with Crippen LogP contribution in [0.25, 0.3) is 0 Å². The molecule has 2 bridgehead atoms. The van der Waals surface area contributed by atoms with Crippen LogP contribution in [0.2, 0.25) is 0 Å². The molecule has 2 N–H and O–H groups in total. The van der Waals surface area contributed by atoms with Crippen molar-refractivity contribution in [3.05, 3.63) is 44.8 Å². The lowest BCUT2D eigenvalue weighted by Gasteiger charge is -2.44. The fourth-order valence-electron chi connectivity index (χ4n) is 5.33. The molecule has 6 nitrogen and oxygen atoms in total. The van der Waals surface area contributed by atoms with Crippen molar-refractivity contribution in [3.63, 3.8) is 0 Å². The molecule has 0 aromatic carbocycles. The van der Waals surface area contributed by atoms with Gasteiger partial charge >= 0.3 is 0 Å². The van der Waals surface area contributed by atoms with Crippen molar-refractivity contribution in [2.24, 2.45) is 23.2 Å². The van der Waals surface area contributed by atoms with Gasteiger partial charge in [0.15, 0.2) is 5.11 Å². The third-order valence-corrected chi connectivity index (χ3v) is 8.43. The number of nitrogens with zero attached hydrogens (tertiary/aromatic N) is 2. The summed E-state index contributed by atoms with van der Waals surface area (Å²) in [4.78, 5) is 27.3. The molecule has 1 aliphatic carbocycles. The molecule has 12 heteroatoms. The number of hydrogen-bond donors (Lipinski definition) is 2. The van der Waals surface area contributed by atoms with E-state index in [0.29, 0.717) is 24.7 Å². The highest BCUT2D eigenvalue weighted by Crippen LogP contribution is 2.59. The van der Waals surface area contributed by atoms with E-state index in [9.17, 15) is 9.59 Å². The second kappa shape index (κ2) is 9.64. The van der Waals surface area contributed by atoms with Gasteiger partial charge in [0.25, 0.3) is 5.56 Å². The Hall–Kier alpha value is -0.700. The molecule has 1 saturated carbocycles. The summed E-state index contributed by atoms with van der Waals surface area (Å²) in [6.45, 7) is 5.84. The van der Waals surface area contributed by atoms with Crippen LogP contribution in [0, 0.1) is 23.2 Å². The number of piperidine rings is 1. The molecule has 2 fully saturated rings. The summed E-state index contributed by atoms with van der Waals surface area (Å²) in [5.41, 5.74) is 0.704. The zero-order valence-corrected chi connectivity index (χ0v) is 23.1. The molecule has 0 radical (unpaired) electrons. The number of nitrogens with one attached hydrogen (secondary N) is 2. The van der Waals surface area contributed by atoms with Crippen molar-refractivity contribution in [1.29, 1.82) is 0 Å². The number of aromatic nitrogens is 1. The number of fused-ring (bicyclic) bond motifs is 4. The van der Waals surface area contributed by atoms with Crippen molar-refractivity contribution in [2.45, 2.75) is 42.7 Å². The molecule has 1 aromatic rings. The van der Waals surface area contributed by atoms with Crippen molar-refractivity contribution in [3.8, 4) is 0 Å². The van der Waals surface area contributed by atoms with Crippen LogP contribution in [0.15, 0.2) is 33.6 Å².